The minimum atomic E-state index is -0.737. The Balaban J connectivity index is 1.31. The van der Waals surface area contributed by atoms with E-state index in [0.717, 1.165) is 4.90 Å². The highest BCUT2D eigenvalue weighted by molar-refractivity contribution is 8.18. The Morgan fingerprint density at radius 3 is 2.53 bits per heavy atom. The van der Waals surface area contributed by atoms with Crippen molar-refractivity contribution in [3.05, 3.63) is 50.9 Å². The molecule has 0 aromatic heterocycles. The summed E-state index contributed by atoms with van der Waals surface area (Å²) >= 11 is 0.585. The number of nitro benzene ring substituents is 1. The zero-order valence-corrected chi connectivity index (χ0v) is 18.1. The van der Waals surface area contributed by atoms with Gasteiger partial charge in [-0.1, -0.05) is 0 Å². The third-order valence-corrected chi connectivity index (χ3v) is 5.91. The van der Waals surface area contributed by atoms with Crippen LogP contribution in [-0.2, 0) is 9.59 Å². The van der Waals surface area contributed by atoms with Crippen LogP contribution in [0, 0.1) is 10.1 Å². The van der Waals surface area contributed by atoms with Crippen molar-refractivity contribution in [2.24, 2.45) is 0 Å². The Bertz CT molecular complexity index is 1280. The molecule has 2 aromatic carbocycles. The number of nitro groups is 1. The van der Waals surface area contributed by atoms with Gasteiger partial charge in [-0.2, -0.15) is 0 Å². The molecule has 3 aliphatic heterocycles. The Morgan fingerprint density at radius 2 is 1.76 bits per heavy atom. The van der Waals surface area contributed by atoms with Gasteiger partial charge in [0.2, 0.25) is 12.7 Å². The van der Waals surface area contributed by atoms with Crippen LogP contribution in [0.1, 0.15) is 5.56 Å². The van der Waals surface area contributed by atoms with E-state index in [2.05, 4.69) is 5.32 Å². The molecule has 0 atom stereocenters. The molecule has 0 radical (unpaired) electrons. The van der Waals surface area contributed by atoms with Crippen LogP contribution in [0.4, 0.5) is 16.2 Å². The van der Waals surface area contributed by atoms with Crippen LogP contribution in [-0.4, -0.2) is 53.4 Å². The summed E-state index contributed by atoms with van der Waals surface area (Å²) < 4.78 is 21.3. The maximum Gasteiger partial charge on any atom is 0.294 e. The minimum absolute atomic E-state index is 0.0564. The molecule has 13 heteroatoms. The molecule has 34 heavy (non-hydrogen) atoms. The highest BCUT2D eigenvalue weighted by atomic mass is 32.2. The number of nitrogens with one attached hydrogen (secondary N) is 1. The monoisotopic (exact) mass is 485 g/mol. The molecule has 0 spiro atoms. The number of nitrogens with zero attached hydrogens (tertiary/aromatic N) is 2. The molecule has 3 aliphatic rings. The molecule has 1 N–H and O–H groups in total. The maximum absolute atomic E-state index is 12.8. The van der Waals surface area contributed by atoms with Gasteiger partial charge in [0.25, 0.3) is 16.8 Å². The van der Waals surface area contributed by atoms with Gasteiger partial charge in [-0.05, 0) is 36.0 Å². The van der Waals surface area contributed by atoms with Gasteiger partial charge in [0, 0.05) is 11.8 Å². The van der Waals surface area contributed by atoms with Crippen molar-refractivity contribution < 1.29 is 38.3 Å². The number of anilines is 1. The fraction of sp³-hybridized carbons (Fsp3) is 0.190. The molecule has 0 bridgehead atoms. The molecule has 0 unspecified atom stereocenters. The standard InChI is InChI=1S/C21H15N3O9S/c25-19(22-12-1-2-14-16(7-12)31-4-3-30-14)9-23-20(26)18(34-21(23)27)6-11-5-15-17(33-10-32-15)8-13(11)24(28)29/h1-2,5-8H,3-4,9-10H2,(H,22,25)/b18-6-. The Kier molecular flexibility index (Phi) is 5.45. The van der Waals surface area contributed by atoms with Crippen molar-refractivity contribution in [1.29, 1.82) is 0 Å². The van der Waals surface area contributed by atoms with E-state index in [4.69, 9.17) is 18.9 Å². The van der Waals surface area contributed by atoms with Crippen LogP contribution in [0.3, 0.4) is 0 Å². The molecule has 0 aliphatic carbocycles. The van der Waals surface area contributed by atoms with Gasteiger partial charge < -0.3 is 24.3 Å². The van der Waals surface area contributed by atoms with Crippen molar-refractivity contribution in [3.8, 4) is 23.0 Å². The summed E-state index contributed by atoms with van der Waals surface area (Å²) in [6.45, 7) is 0.209. The fourth-order valence-corrected chi connectivity index (χ4v) is 4.29. The molecule has 1 fully saturated rings. The molecule has 174 valence electrons. The summed E-state index contributed by atoms with van der Waals surface area (Å²) in [5.74, 6) is 0.192. The summed E-state index contributed by atoms with van der Waals surface area (Å²) in [4.78, 5) is 49.2. The number of imide groups is 1. The zero-order valence-electron chi connectivity index (χ0n) is 17.3. The molecule has 0 saturated carbocycles. The van der Waals surface area contributed by atoms with Crippen LogP contribution >= 0.6 is 11.8 Å². The topological polar surface area (TPSA) is 147 Å². The third-order valence-electron chi connectivity index (χ3n) is 5.01. The molecule has 12 nitrogen and oxygen atoms in total. The molecule has 2 aromatic rings. The van der Waals surface area contributed by atoms with Gasteiger partial charge >= 0.3 is 0 Å². The first kappa shape index (κ1) is 21.6. The minimum Gasteiger partial charge on any atom is -0.486 e. The highest BCUT2D eigenvalue weighted by Crippen LogP contribution is 2.41. The molecular formula is C21H15N3O9S. The average molecular weight is 485 g/mol. The first-order valence-electron chi connectivity index (χ1n) is 9.92. The number of hydrogen-bond donors (Lipinski definition) is 1. The van der Waals surface area contributed by atoms with Crippen LogP contribution in [0.5, 0.6) is 23.0 Å². The lowest BCUT2D eigenvalue weighted by molar-refractivity contribution is -0.385. The first-order valence-corrected chi connectivity index (χ1v) is 10.7. The quantitative estimate of drug-likeness (QED) is 0.381. The van der Waals surface area contributed by atoms with Gasteiger partial charge in [-0.25, -0.2) is 0 Å². The first-order chi connectivity index (χ1) is 16.4. The summed E-state index contributed by atoms with van der Waals surface area (Å²) in [5, 5.41) is 13.4. The van der Waals surface area contributed by atoms with Gasteiger partial charge in [0.15, 0.2) is 23.0 Å². The third kappa shape index (κ3) is 4.08. The SMILES string of the molecule is O=C(CN1C(=O)S/C(=C\c2cc3c(cc2[N+](=O)[O-])OCO3)C1=O)Nc1ccc2c(c1)OCCO2. The maximum atomic E-state index is 12.8. The van der Waals surface area contributed by atoms with E-state index in [-0.39, 0.29) is 34.4 Å². The van der Waals surface area contributed by atoms with E-state index in [0.29, 0.717) is 42.2 Å². The lowest BCUT2D eigenvalue weighted by atomic mass is 10.1. The average Bonchev–Trinajstić information content (AvgIpc) is 3.37. The van der Waals surface area contributed by atoms with Crippen LogP contribution in [0.2, 0.25) is 0 Å². The Hall–Kier alpha value is -4.26. The number of rotatable bonds is 5. The van der Waals surface area contributed by atoms with E-state index < -0.39 is 28.5 Å². The summed E-state index contributed by atoms with van der Waals surface area (Å²) in [6, 6.07) is 7.39. The van der Waals surface area contributed by atoms with E-state index in [1.165, 1.54) is 18.2 Å². The van der Waals surface area contributed by atoms with Gasteiger partial charge in [-0.3, -0.25) is 29.4 Å². The smallest absolute Gasteiger partial charge is 0.294 e. The Labute approximate surface area is 195 Å². The lowest BCUT2D eigenvalue weighted by Gasteiger charge is -2.19. The van der Waals surface area contributed by atoms with Gasteiger partial charge in [0.05, 0.1) is 21.5 Å². The summed E-state index contributed by atoms with van der Waals surface area (Å²) in [6.07, 6.45) is 1.23. The fourth-order valence-electron chi connectivity index (χ4n) is 3.46. The number of thioether (sulfide) groups is 1. The number of benzene rings is 2. The van der Waals surface area contributed by atoms with E-state index >= 15 is 0 Å². The van der Waals surface area contributed by atoms with Crippen molar-refractivity contribution in [1.82, 2.24) is 4.90 Å². The normalized spacial score (nSPS) is 17.3. The van der Waals surface area contributed by atoms with Crippen molar-refractivity contribution in [2.75, 3.05) is 31.9 Å². The second-order valence-corrected chi connectivity index (χ2v) is 8.19. The molecule has 3 heterocycles. The number of carbonyl (C=O) groups excluding carboxylic acids is 3. The highest BCUT2D eigenvalue weighted by Gasteiger charge is 2.37. The number of ether oxygens (including phenoxy) is 4. The van der Waals surface area contributed by atoms with Crippen molar-refractivity contribution in [3.63, 3.8) is 0 Å². The zero-order chi connectivity index (χ0) is 23.8. The molecule has 3 amide bonds. The van der Waals surface area contributed by atoms with Gasteiger partial charge in [-0.15, -0.1) is 0 Å². The summed E-state index contributed by atoms with van der Waals surface area (Å²) in [7, 11) is 0. The number of fused-ring (bicyclic) bond motifs is 2. The Morgan fingerprint density at radius 1 is 1.06 bits per heavy atom. The summed E-state index contributed by atoms with van der Waals surface area (Å²) in [5.41, 5.74) is 0.167. The van der Waals surface area contributed by atoms with E-state index in [9.17, 15) is 24.5 Å². The van der Waals surface area contributed by atoms with Crippen molar-refractivity contribution in [2.45, 2.75) is 0 Å². The lowest BCUT2D eigenvalue weighted by Crippen LogP contribution is -2.36. The number of amides is 3. The predicted octanol–water partition coefficient (Wildman–Crippen LogP) is 2.77. The molecule has 1 saturated heterocycles. The molecular weight excluding hydrogens is 470 g/mol. The molecule has 5 rings (SSSR count). The number of carbonyl (C=O) groups is 3. The van der Waals surface area contributed by atoms with Gasteiger partial charge in [0.1, 0.15) is 19.8 Å². The second kappa shape index (κ2) is 8.59. The van der Waals surface area contributed by atoms with Crippen molar-refractivity contribution >= 4 is 46.3 Å². The van der Waals surface area contributed by atoms with E-state index in [1.54, 1.807) is 18.2 Å². The largest absolute Gasteiger partial charge is 0.486 e. The van der Waals surface area contributed by atoms with Crippen LogP contribution in [0.15, 0.2) is 35.2 Å². The number of hydrogen-bond acceptors (Lipinski definition) is 10. The second-order valence-electron chi connectivity index (χ2n) is 7.20. The predicted molar refractivity (Wildman–Crippen MR) is 118 cm³/mol. The van der Waals surface area contributed by atoms with E-state index in [1.807, 2.05) is 0 Å². The van der Waals surface area contributed by atoms with Crippen LogP contribution in [0.25, 0.3) is 6.08 Å². The van der Waals surface area contributed by atoms with Crippen LogP contribution < -0.4 is 24.3 Å².